The first kappa shape index (κ1) is 12.0. The summed E-state index contributed by atoms with van der Waals surface area (Å²) in [4.78, 5) is 2.53. The van der Waals surface area contributed by atoms with Gasteiger partial charge in [0.25, 0.3) is 0 Å². The van der Waals surface area contributed by atoms with Crippen LogP contribution < -0.4 is 10.2 Å². The molecule has 0 saturated carbocycles. The Hall–Kier alpha value is -1.02. The van der Waals surface area contributed by atoms with Crippen molar-refractivity contribution in [3.05, 3.63) is 29.8 Å². The van der Waals surface area contributed by atoms with Crippen molar-refractivity contribution in [2.75, 3.05) is 24.5 Å². The van der Waals surface area contributed by atoms with Crippen LogP contribution in [0.3, 0.4) is 0 Å². The molecule has 2 aliphatic rings. The molecule has 1 N–H and O–H groups in total. The van der Waals surface area contributed by atoms with Crippen LogP contribution in [0.25, 0.3) is 0 Å². The van der Waals surface area contributed by atoms with Crippen molar-refractivity contribution in [1.82, 2.24) is 5.32 Å². The highest BCUT2D eigenvalue weighted by Crippen LogP contribution is 2.26. The van der Waals surface area contributed by atoms with Crippen molar-refractivity contribution in [2.24, 2.45) is 0 Å². The highest BCUT2D eigenvalue weighted by Gasteiger charge is 2.15. The molecular formula is C16H24N2. The molecule has 1 unspecified atom stereocenters. The molecule has 98 valence electrons. The summed E-state index contributed by atoms with van der Waals surface area (Å²) >= 11 is 0. The highest BCUT2D eigenvalue weighted by molar-refractivity contribution is 5.48. The van der Waals surface area contributed by atoms with E-state index in [-0.39, 0.29) is 0 Å². The standard InChI is InChI=1S/C16H24N2/c1-4-12-18(13-5-1)15-9-7-14(8-10-15)16-6-2-3-11-17-16/h7-10,16-17H,1-6,11-13H2. The van der Waals surface area contributed by atoms with E-state index >= 15 is 0 Å². The van der Waals surface area contributed by atoms with Crippen LogP contribution in [0.2, 0.25) is 0 Å². The molecule has 0 radical (unpaired) electrons. The van der Waals surface area contributed by atoms with E-state index in [1.54, 1.807) is 0 Å². The zero-order valence-corrected chi connectivity index (χ0v) is 11.2. The molecule has 1 atom stereocenters. The average molecular weight is 244 g/mol. The summed E-state index contributed by atoms with van der Waals surface area (Å²) in [6, 6.07) is 9.88. The van der Waals surface area contributed by atoms with Crippen molar-refractivity contribution >= 4 is 5.69 Å². The number of benzene rings is 1. The lowest BCUT2D eigenvalue weighted by molar-refractivity contribution is 0.412. The van der Waals surface area contributed by atoms with Crippen LogP contribution in [0.1, 0.15) is 50.1 Å². The Labute approximate surface area is 110 Å². The van der Waals surface area contributed by atoms with Gasteiger partial charge in [-0.25, -0.2) is 0 Å². The van der Waals surface area contributed by atoms with Gasteiger partial charge >= 0.3 is 0 Å². The normalized spacial score (nSPS) is 25.1. The van der Waals surface area contributed by atoms with Gasteiger partial charge in [0.15, 0.2) is 0 Å². The van der Waals surface area contributed by atoms with Gasteiger partial charge < -0.3 is 10.2 Å². The van der Waals surface area contributed by atoms with Crippen LogP contribution in [-0.4, -0.2) is 19.6 Å². The predicted molar refractivity (Wildman–Crippen MR) is 77.1 cm³/mol. The minimum absolute atomic E-state index is 0.592. The maximum Gasteiger partial charge on any atom is 0.0366 e. The summed E-state index contributed by atoms with van der Waals surface area (Å²) in [6.07, 6.45) is 8.11. The molecule has 2 saturated heterocycles. The molecule has 0 bridgehead atoms. The summed E-state index contributed by atoms with van der Waals surface area (Å²) < 4.78 is 0. The Bertz CT molecular complexity index is 322. The molecule has 2 aliphatic heterocycles. The van der Waals surface area contributed by atoms with E-state index in [0.29, 0.717) is 6.04 Å². The fourth-order valence-electron chi connectivity index (χ4n) is 3.21. The smallest absolute Gasteiger partial charge is 0.0366 e. The van der Waals surface area contributed by atoms with Gasteiger partial charge in [-0.05, 0) is 56.3 Å². The molecule has 0 amide bonds. The molecule has 0 aromatic heterocycles. The summed E-state index contributed by atoms with van der Waals surface area (Å²) in [5.74, 6) is 0. The first-order valence-corrected chi connectivity index (χ1v) is 7.52. The van der Waals surface area contributed by atoms with E-state index in [0.717, 1.165) is 0 Å². The van der Waals surface area contributed by atoms with E-state index in [1.165, 1.54) is 69.4 Å². The SMILES string of the molecule is c1cc(N2CCCCC2)ccc1C1CCCCN1. The Morgan fingerprint density at radius 2 is 1.67 bits per heavy atom. The molecule has 1 aromatic rings. The third-order valence-corrected chi connectivity index (χ3v) is 4.33. The van der Waals surface area contributed by atoms with Crippen LogP contribution in [-0.2, 0) is 0 Å². The lowest BCUT2D eigenvalue weighted by atomic mass is 9.97. The lowest BCUT2D eigenvalue weighted by Gasteiger charge is -2.29. The Morgan fingerprint density at radius 3 is 2.33 bits per heavy atom. The van der Waals surface area contributed by atoms with Gasteiger partial charge in [-0.3, -0.25) is 0 Å². The van der Waals surface area contributed by atoms with E-state index in [4.69, 9.17) is 0 Å². The molecular weight excluding hydrogens is 220 g/mol. The van der Waals surface area contributed by atoms with Crippen molar-refractivity contribution < 1.29 is 0 Å². The third kappa shape index (κ3) is 2.69. The van der Waals surface area contributed by atoms with Crippen molar-refractivity contribution in [2.45, 2.75) is 44.6 Å². The molecule has 1 aromatic carbocycles. The fraction of sp³-hybridized carbons (Fsp3) is 0.625. The fourth-order valence-corrected chi connectivity index (χ4v) is 3.21. The second kappa shape index (κ2) is 5.75. The number of nitrogens with one attached hydrogen (secondary N) is 1. The summed E-state index contributed by atoms with van der Waals surface area (Å²) in [7, 11) is 0. The topological polar surface area (TPSA) is 15.3 Å². The maximum absolute atomic E-state index is 3.62. The van der Waals surface area contributed by atoms with Gasteiger partial charge in [0.2, 0.25) is 0 Å². The van der Waals surface area contributed by atoms with Crippen LogP contribution in [0.15, 0.2) is 24.3 Å². The van der Waals surface area contributed by atoms with Crippen molar-refractivity contribution in [1.29, 1.82) is 0 Å². The minimum Gasteiger partial charge on any atom is -0.372 e. The first-order chi connectivity index (χ1) is 8.93. The second-order valence-electron chi connectivity index (χ2n) is 5.64. The van der Waals surface area contributed by atoms with E-state index in [2.05, 4.69) is 34.5 Å². The van der Waals surface area contributed by atoms with E-state index in [9.17, 15) is 0 Å². The summed E-state index contributed by atoms with van der Waals surface area (Å²) in [5, 5.41) is 3.62. The van der Waals surface area contributed by atoms with Crippen LogP contribution in [0.5, 0.6) is 0 Å². The zero-order valence-electron chi connectivity index (χ0n) is 11.2. The lowest BCUT2D eigenvalue weighted by Crippen LogP contribution is -2.29. The molecule has 2 nitrogen and oxygen atoms in total. The zero-order chi connectivity index (χ0) is 12.2. The largest absolute Gasteiger partial charge is 0.372 e. The molecule has 2 fully saturated rings. The molecule has 2 heteroatoms. The number of rotatable bonds is 2. The van der Waals surface area contributed by atoms with E-state index < -0.39 is 0 Å². The third-order valence-electron chi connectivity index (χ3n) is 4.33. The number of hydrogen-bond donors (Lipinski definition) is 1. The molecule has 3 rings (SSSR count). The maximum atomic E-state index is 3.62. The first-order valence-electron chi connectivity index (χ1n) is 7.52. The Kier molecular flexibility index (Phi) is 3.84. The van der Waals surface area contributed by atoms with Gasteiger partial charge in [0.05, 0.1) is 0 Å². The van der Waals surface area contributed by atoms with Crippen LogP contribution in [0.4, 0.5) is 5.69 Å². The van der Waals surface area contributed by atoms with Gasteiger partial charge in [-0.15, -0.1) is 0 Å². The summed E-state index contributed by atoms with van der Waals surface area (Å²) in [5.41, 5.74) is 2.88. The average Bonchev–Trinajstić information content (AvgIpc) is 2.49. The number of anilines is 1. The van der Waals surface area contributed by atoms with Gasteiger partial charge in [-0.2, -0.15) is 0 Å². The molecule has 2 heterocycles. The predicted octanol–water partition coefficient (Wildman–Crippen LogP) is 3.49. The number of nitrogens with zero attached hydrogens (tertiary/aromatic N) is 1. The second-order valence-corrected chi connectivity index (χ2v) is 5.64. The molecule has 0 spiro atoms. The van der Waals surface area contributed by atoms with Gasteiger partial charge in [0, 0.05) is 24.8 Å². The monoisotopic (exact) mass is 244 g/mol. The Balaban J connectivity index is 1.67. The minimum atomic E-state index is 0.592. The van der Waals surface area contributed by atoms with Crippen molar-refractivity contribution in [3.8, 4) is 0 Å². The highest BCUT2D eigenvalue weighted by atomic mass is 15.1. The van der Waals surface area contributed by atoms with Crippen LogP contribution >= 0.6 is 0 Å². The summed E-state index contributed by atoms with van der Waals surface area (Å²) in [6.45, 7) is 3.65. The van der Waals surface area contributed by atoms with Gasteiger partial charge in [-0.1, -0.05) is 18.6 Å². The van der Waals surface area contributed by atoms with Crippen molar-refractivity contribution in [3.63, 3.8) is 0 Å². The van der Waals surface area contributed by atoms with Gasteiger partial charge in [0.1, 0.15) is 0 Å². The number of hydrogen-bond acceptors (Lipinski definition) is 2. The molecule has 18 heavy (non-hydrogen) atoms. The molecule has 0 aliphatic carbocycles. The Morgan fingerprint density at radius 1 is 0.889 bits per heavy atom. The quantitative estimate of drug-likeness (QED) is 0.856. The van der Waals surface area contributed by atoms with Crippen LogP contribution in [0, 0.1) is 0 Å². The number of piperidine rings is 2. The van der Waals surface area contributed by atoms with E-state index in [1.807, 2.05) is 0 Å².